The van der Waals surface area contributed by atoms with E-state index in [9.17, 15) is 44.3 Å². The average Bonchev–Trinajstić information content (AvgIpc) is 3.40. The van der Waals surface area contributed by atoms with Crippen LogP contribution in [-0.2, 0) is 41.0 Å². The van der Waals surface area contributed by atoms with Gasteiger partial charge in [0.05, 0.1) is 24.0 Å². The van der Waals surface area contributed by atoms with Crippen LogP contribution in [0.15, 0.2) is 51.8 Å². The number of alkyl halides is 7. The van der Waals surface area contributed by atoms with E-state index in [-0.39, 0.29) is 59.6 Å². The van der Waals surface area contributed by atoms with Crippen molar-refractivity contribution >= 4 is 37.6 Å². The fourth-order valence-corrected chi connectivity index (χ4v) is 10.3. The maximum Gasteiger partial charge on any atom is 0.435 e. The van der Waals surface area contributed by atoms with Crippen molar-refractivity contribution in [2.45, 2.75) is 78.7 Å². The number of benzene rings is 2. The number of aryl methyl sites for hydroxylation is 1. The molecule has 2 aliphatic carbocycles. The van der Waals surface area contributed by atoms with Crippen molar-refractivity contribution in [3.05, 3.63) is 63.6 Å². The fraction of sp³-hybridized carbons (Fsp3) is 0.533. The number of methoxy groups -OCH3 is 1. The quantitative estimate of drug-likeness (QED) is 0.247. The van der Waals surface area contributed by atoms with Crippen molar-refractivity contribution in [1.29, 1.82) is 0 Å². The summed E-state index contributed by atoms with van der Waals surface area (Å²) in [6, 6.07) is 6.37. The summed E-state index contributed by atoms with van der Waals surface area (Å²) in [6.07, 6.45) is -11.6. The molecule has 0 spiro atoms. The molecule has 45 heavy (non-hydrogen) atoms. The summed E-state index contributed by atoms with van der Waals surface area (Å²) in [6.45, 7) is -0.0347. The van der Waals surface area contributed by atoms with Gasteiger partial charge in [-0.1, -0.05) is 40.2 Å². The Hall–Kier alpha value is -2.68. The third-order valence-electron chi connectivity index (χ3n) is 9.55. The Balaban J connectivity index is 1.60. The van der Waals surface area contributed by atoms with Gasteiger partial charge in [0.1, 0.15) is 4.75 Å². The first kappa shape index (κ1) is 33.7. The van der Waals surface area contributed by atoms with Gasteiger partial charge in [0, 0.05) is 22.5 Å². The summed E-state index contributed by atoms with van der Waals surface area (Å²) in [5.41, 5.74) is -7.59. The molecule has 2 aromatic carbocycles. The van der Waals surface area contributed by atoms with Crippen molar-refractivity contribution < 1.29 is 53.5 Å². The van der Waals surface area contributed by atoms with Crippen molar-refractivity contribution in [3.63, 3.8) is 0 Å². The second-order valence-corrected chi connectivity index (χ2v) is 14.9. The number of ether oxygens (including phenoxy) is 1. The molecule has 0 N–H and O–H groups in total. The van der Waals surface area contributed by atoms with Gasteiger partial charge in [0.25, 0.3) is 0 Å². The van der Waals surface area contributed by atoms with Gasteiger partial charge >= 0.3 is 24.0 Å². The Morgan fingerprint density at radius 1 is 0.911 bits per heavy atom. The average molecular weight is 729 g/mol. The number of amides is 1. The van der Waals surface area contributed by atoms with E-state index in [2.05, 4.69) is 15.9 Å². The third-order valence-corrected chi connectivity index (χ3v) is 12.6. The van der Waals surface area contributed by atoms with Crippen LogP contribution in [-0.4, -0.2) is 57.2 Å². The van der Waals surface area contributed by atoms with E-state index in [1.165, 1.54) is 30.2 Å². The largest absolute Gasteiger partial charge is 0.469 e. The van der Waals surface area contributed by atoms with Gasteiger partial charge in [0.15, 0.2) is 9.84 Å². The highest BCUT2D eigenvalue weighted by Crippen LogP contribution is 2.57. The zero-order valence-electron chi connectivity index (χ0n) is 23.9. The van der Waals surface area contributed by atoms with Gasteiger partial charge in [-0.15, -0.1) is 0 Å². The number of rotatable bonds is 5. The molecular formula is C30H29BrF7NO5S. The molecule has 2 fully saturated rings. The van der Waals surface area contributed by atoms with Crippen LogP contribution >= 0.6 is 15.9 Å². The summed E-state index contributed by atoms with van der Waals surface area (Å²) in [7, 11) is -3.17. The van der Waals surface area contributed by atoms with Crippen LogP contribution < -0.4 is 0 Å². The van der Waals surface area contributed by atoms with E-state index in [1.807, 2.05) is 0 Å². The Labute approximate surface area is 263 Å². The lowest BCUT2D eigenvalue weighted by atomic mass is 9.76. The van der Waals surface area contributed by atoms with Crippen LogP contribution in [0.2, 0.25) is 0 Å². The molecule has 15 heteroatoms. The SMILES string of the molecule is COC(=O)[C@H]1CC[C@H](C(=O)N2CCC3(S(=O)(=O)c4cccc(Br)c4)c4ccc(C(F)(C(F)(F)F)C(F)(F)F)cc4CCC23)CC1. The van der Waals surface area contributed by atoms with E-state index in [0.717, 1.165) is 6.07 Å². The number of fused-ring (bicyclic) bond motifs is 3. The lowest BCUT2D eigenvalue weighted by molar-refractivity contribution is -0.348. The molecule has 0 radical (unpaired) electrons. The number of esters is 1. The smallest absolute Gasteiger partial charge is 0.435 e. The first-order valence-corrected chi connectivity index (χ1v) is 16.5. The number of nitrogens with zero attached hydrogens (tertiary/aromatic N) is 1. The molecular weight excluding hydrogens is 699 g/mol. The number of hydrogen-bond acceptors (Lipinski definition) is 5. The molecule has 1 aliphatic heterocycles. The second kappa shape index (κ2) is 11.5. The number of likely N-dealkylation sites (tertiary alicyclic amines) is 1. The van der Waals surface area contributed by atoms with Crippen LogP contribution in [0.1, 0.15) is 55.2 Å². The number of carbonyl (C=O) groups excluding carboxylic acids is 2. The van der Waals surface area contributed by atoms with E-state index in [4.69, 9.17) is 4.74 Å². The van der Waals surface area contributed by atoms with Gasteiger partial charge in [-0.2, -0.15) is 26.3 Å². The third kappa shape index (κ3) is 5.25. The molecule has 1 amide bonds. The first-order chi connectivity index (χ1) is 20.9. The lowest BCUT2D eigenvalue weighted by Gasteiger charge is -2.44. The van der Waals surface area contributed by atoms with Crippen LogP contribution in [0.5, 0.6) is 0 Å². The first-order valence-electron chi connectivity index (χ1n) is 14.2. The highest BCUT2D eigenvalue weighted by molar-refractivity contribution is 9.10. The summed E-state index contributed by atoms with van der Waals surface area (Å²) < 4.78 is 129. The molecule has 1 heterocycles. The molecule has 0 aromatic heterocycles. The molecule has 246 valence electrons. The summed E-state index contributed by atoms with van der Waals surface area (Å²) in [4.78, 5) is 27.2. The number of carbonyl (C=O) groups is 2. The fourth-order valence-electron chi connectivity index (χ4n) is 7.32. The minimum absolute atomic E-state index is 0.0347. The highest BCUT2D eigenvalue weighted by atomic mass is 79.9. The van der Waals surface area contributed by atoms with E-state index in [0.29, 0.717) is 42.3 Å². The zero-order valence-corrected chi connectivity index (χ0v) is 26.3. The Morgan fingerprint density at radius 2 is 1.53 bits per heavy atom. The van der Waals surface area contributed by atoms with Crippen molar-refractivity contribution in [3.8, 4) is 0 Å². The molecule has 1 saturated heterocycles. The molecule has 2 aromatic rings. The van der Waals surface area contributed by atoms with Gasteiger partial charge in [-0.05, 0) is 74.3 Å². The van der Waals surface area contributed by atoms with E-state index < -0.39 is 50.1 Å². The van der Waals surface area contributed by atoms with Crippen LogP contribution in [0.25, 0.3) is 0 Å². The van der Waals surface area contributed by atoms with E-state index in [1.54, 1.807) is 6.07 Å². The summed E-state index contributed by atoms with van der Waals surface area (Å²) >= 11 is 3.24. The molecule has 2 unspecified atom stereocenters. The Morgan fingerprint density at radius 3 is 2.11 bits per heavy atom. The molecule has 2 atom stereocenters. The number of halogens is 8. The standard InChI is InChI=1S/C30H29BrF7NO5S/c1-44-26(41)18-7-5-17(6-8-18)25(40)39-14-13-27(45(42,43)22-4-2-3-21(31)16-22)23-11-10-20(15-19(23)9-12-24(27)39)28(32,29(33,34)35)30(36,37)38/h2-4,10-11,15-18,24H,5-9,12-14H2,1H3/t17-,18-,24?,27?. The Bertz CT molecular complexity index is 1590. The molecule has 5 rings (SSSR count). The van der Waals surface area contributed by atoms with Gasteiger partial charge in [-0.3, -0.25) is 9.59 Å². The maximum atomic E-state index is 15.0. The Kier molecular flexibility index (Phi) is 8.63. The monoisotopic (exact) mass is 727 g/mol. The van der Waals surface area contributed by atoms with Crippen molar-refractivity contribution in [2.75, 3.05) is 13.7 Å². The van der Waals surface area contributed by atoms with Crippen LogP contribution in [0, 0.1) is 11.8 Å². The van der Waals surface area contributed by atoms with Crippen LogP contribution in [0.3, 0.4) is 0 Å². The van der Waals surface area contributed by atoms with Gasteiger partial charge < -0.3 is 9.64 Å². The zero-order chi connectivity index (χ0) is 33.2. The van der Waals surface area contributed by atoms with E-state index >= 15 is 4.39 Å². The van der Waals surface area contributed by atoms with Gasteiger partial charge in [-0.25, -0.2) is 12.8 Å². The van der Waals surface area contributed by atoms with Crippen molar-refractivity contribution in [1.82, 2.24) is 4.90 Å². The highest BCUT2D eigenvalue weighted by Gasteiger charge is 2.74. The normalized spacial score (nSPS) is 25.8. The predicted octanol–water partition coefficient (Wildman–Crippen LogP) is 6.93. The lowest BCUT2D eigenvalue weighted by Crippen LogP contribution is -2.53. The second-order valence-electron chi connectivity index (χ2n) is 11.8. The minimum atomic E-state index is -6.33. The topological polar surface area (TPSA) is 80.8 Å². The van der Waals surface area contributed by atoms with Crippen LogP contribution in [0.4, 0.5) is 30.7 Å². The maximum absolute atomic E-state index is 15.0. The summed E-state index contributed by atoms with van der Waals surface area (Å²) in [5, 5.41) is 0. The molecule has 3 aliphatic rings. The minimum Gasteiger partial charge on any atom is -0.469 e. The number of sulfone groups is 1. The van der Waals surface area contributed by atoms with Gasteiger partial charge in [0.2, 0.25) is 5.91 Å². The molecule has 0 bridgehead atoms. The molecule has 6 nitrogen and oxygen atoms in total. The predicted molar refractivity (Wildman–Crippen MR) is 150 cm³/mol. The van der Waals surface area contributed by atoms with Crippen molar-refractivity contribution in [2.24, 2.45) is 11.8 Å². The molecule has 1 saturated carbocycles. The number of hydrogen-bond donors (Lipinski definition) is 0. The summed E-state index contributed by atoms with van der Waals surface area (Å²) in [5.74, 6) is -1.57.